The van der Waals surface area contributed by atoms with Crippen LogP contribution in [0.4, 0.5) is 5.69 Å². The number of carbonyl (C=O) groups is 2. The maximum Gasteiger partial charge on any atom is 0.254 e. The summed E-state index contributed by atoms with van der Waals surface area (Å²) in [6, 6.07) is 39.7. The van der Waals surface area contributed by atoms with E-state index in [0.29, 0.717) is 12.1 Å². The Morgan fingerprint density at radius 1 is 0.707 bits per heavy atom. The second kappa shape index (κ2) is 11.7. The maximum atomic E-state index is 14.3. The minimum absolute atomic E-state index is 0.00233. The zero-order valence-corrected chi connectivity index (χ0v) is 23.2. The Kier molecular flexibility index (Phi) is 7.50. The van der Waals surface area contributed by atoms with Gasteiger partial charge in [-0.1, -0.05) is 98.3 Å². The number of nitrogens with zero attached hydrogens (tertiary/aromatic N) is 3. The third kappa shape index (κ3) is 5.19. The lowest BCUT2D eigenvalue weighted by molar-refractivity contribution is -0.119. The topological polar surface area (TPSA) is 45.6 Å². The summed E-state index contributed by atoms with van der Waals surface area (Å²) in [4.78, 5) is 31.8. The molecule has 0 fully saturated rings. The molecule has 0 N–H and O–H groups in total. The predicted octanol–water partition coefficient (Wildman–Crippen LogP) is 7.52. The molecule has 204 valence electrons. The molecule has 1 aliphatic heterocycles. The van der Waals surface area contributed by atoms with Crippen LogP contribution >= 0.6 is 0 Å². The first kappa shape index (κ1) is 26.3. The van der Waals surface area contributed by atoms with Gasteiger partial charge in [0.2, 0.25) is 5.91 Å². The quantitative estimate of drug-likeness (QED) is 0.205. The first-order valence-corrected chi connectivity index (χ1v) is 14.2. The van der Waals surface area contributed by atoms with Gasteiger partial charge in [-0.3, -0.25) is 14.5 Å². The Hall–Kier alpha value is -4.90. The van der Waals surface area contributed by atoms with Gasteiger partial charge >= 0.3 is 0 Å². The van der Waals surface area contributed by atoms with Crippen molar-refractivity contribution in [2.24, 2.45) is 0 Å². The molecule has 1 aromatic heterocycles. The van der Waals surface area contributed by atoms with Crippen LogP contribution in [0.5, 0.6) is 0 Å². The van der Waals surface area contributed by atoms with E-state index in [1.54, 1.807) is 4.90 Å². The number of benzene rings is 4. The van der Waals surface area contributed by atoms with Crippen LogP contribution < -0.4 is 4.90 Å². The van der Waals surface area contributed by atoms with Crippen LogP contribution in [0.1, 0.15) is 47.4 Å². The fourth-order valence-corrected chi connectivity index (χ4v) is 5.67. The summed E-state index contributed by atoms with van der Waals surface area (Å²) < 4.78 is 2.16. The molecule has 41 heavy (non-hydrogen) atoms. The van der Waals surface area contributed by atoms with Crippen molar-refractivity contribution in [2.75, 3.05) is 18.0 Å². The molecule has 0 radical (unpaired) electrons. The van der Waals surface area contributed by atoms with Crippen LogP contribution in [-0.2, 0) is 4.79 Å². The van der Waals surface area contributed by atoms with Crippen LogP contribution in [0.15, 0.2) is 128 Å². The van der Waals surface area contributed by atoms with Gasteiger partial charge in [-0.25, -0.2) is 0 Å². The molecule has 0 saturated heterocycles. The van der Waals surface area contributed by atoms with E-state index in [9.17, 15) is 9.59 Å². The van der Waals surface area contributed by atoms with Crippen LogP contribution in [0, 0.1) is 0 Å². The van der Waals surface area contributed by atoms with Crippen LogP contribution in [-0.4, -0.2) is 34.4 Å². The molecule has 5 nitrogen and oxygen atoms in total. The third-order valence-electron chi connectivity index (χ3n) is 7.74. The highest BCUT2D eigenvalue weighted by molar-refractivity contribution is 6.02. The molecule has 6 rings (SSSR count). The van der Waals surface area contributed by atoms with E-state index in [2.05, 4.69) is 41.8 Å². The highest BCUT2D eigenvalue weighted by atomic mass is 16.2. The van der Waals surface area contributed by atoms with Gasteiger partial charge in [0.1, 0.15) is 12.6 Å². The molecule has 0 spiro atoms. The lowest BCUT2D eigenvalue weighted by atomic mass is 9.97. The van der Waals surface area contributed by atoms with Crippen molar-refractivity contribution in [3.05, 3.63) is 144 Å². The number of para-hydroxylation sites is 2. The Labute approximate surface area is 241 Å². The monoisotopic (exact) mass is 539 g/mol. The summed E-state index contributed by atoms with van der Waals surface area (Å²) in [5.74, 6) is -0.236. The summed E-state index contributed by atoms with van der Waals surface area (Å²) in [5.41, 5.74) is 6.58. The standard InChI is InChI=1S/C36H33N3O2/c1-2-3-24-37(36(41)30-22-20-28(21-23-30)27-13-6-4-7-14-27)26-34(40)39-32-18-11-10-17-31(32)38-25-12-19-33(38)35(39)29-15-8-5-9-16-29/h4-23,25,35H,2-3,24,26H2,1H3. The van der Waals surface area contributed by atoms with Gasteiger partial charge in [0, 0.05) is 18.3 Å². The maximum absolute atomic E-state index is 14.3. The van der Waals surface area contributed by atoms with Crippen molar-refractivity contribution in [1.82, 2.24) is 9.47 Å². The van der Waals surface area contributed by atoms with Gasteiger partial charge in [0.25, 0.3) is 5.91 Å². The van der Waals surface area contributed by atoms with E-state index in [0.717, 1.165) is 46.6 Å². The lowest BCUT2D eigenvalue weighted by Gasteiger charge is -2.39. The van der Waals surface area contributed by atoms with Crippen molar-refractivity contribution >= 4 is 17.5 Å². The summed E-state index contributed by atoms with van der Waals surface area (Å²) in [6.07, 6.45) is 3.79. The molecule has 2 heterocycles. The summed E-state index contributed by atoms with van der Waals surface area (Å²) >= 11 is 0. The molecule has 1 atom stereocenters. The zero-order chi connectivity index (χ0) is 28.2. The number of hydrogen-bond acceptors (Lipinski definition) is 2. The molecule has 2 amide bonds. The fraction of sp³-hybridized carbons (Fsp3) is 0.167. The zero-order valence-electron chi connectivity index (χ0n) is 23.2. The number of rotatable bonds is 8. The van der Waals surface area contributed by atoms with Crippen molar-refractivity contribution < 1.29 is 9.59 Å². The van der Waals surface area contributed by atoms with Crippen molar-refractivity contribution in [1.29, 1.82) is 0 Å². The number of amides is 2. The normalized spacial score (nSPS) is 13.8. The first-order chi connectivity index (χ1) is 20.2. The van der Waals surface area contributed by atoms with E-state index in [-0.39, 0.29) is 24.4 Å². The van der Waals surface area contributed by atoms with Crippen LogP contribution in [0.2, 0.25) is 0 Å². The number of hydrogen-bond donors (Lipinski definition) is 0. The Balaban J connectivity index is 1.33. The number of carbonyl (C=O) groups excluding carboxylic acids is 2. The number of aromatic nitrogens is 1. The van der Waals surface area contributed by atoms with E-state index in [1.165, 1.54) is 0 Å². The average Bonchev–Trinajstić information content (AvgIpc) is 3.53. The van der Waals surface area contributed by atoms with Crippen molar-refractivity contribution in [3.63, 3.8) is 0 Å². The summed E-state index contributed by atoms with van der Waals surface area (Å²) in [7, 11) is 0. The van der Waals surface area contributed by atoms with Crippen molar-refractivity contribution in [3.8, 4) is 16.8 Å². The first-order valence-electron chi connectivity index (χ1n) is 14.2. The van der Waals surface area contributed by atoms with Gasteiger partial charge in [-0.2, -0.15) is 0 Å². The molecule has 0 aliphatic carbocycles. The van der Waals surface area contributed by atoms with Gasteiger partial charge in [0.15, 0.2) is 0 Å². The Morgan fingerprint density at radius 2 is 1.34 bits per heavy atom. The van der Waals surface area contributed by atoms with Gasteiger partial charge in [-0.05, 0) is 59.5 Å². The highest BCUT2D eigenvalue weighted by Crippen LogP contribution is 2.42. The minimum Gasteiger partial charge on any atom is -0.329 e. The second-order valence-electron chi connectivity index (χ2n) is 10.4. The average molecular weight is 540 g/mol. The minimum atomic E-state index is -0.304. The van der Waals surface area contributed by atoms with E-state index < -0.39 is 0 Å². The molecule has 5 aromatic rings. The number of fused-ring (bicyclic) bond motifs is 3. The van der Waals surface area contributed by atoms with Crippen molar-refractivity contribution in [2.45, 2.75) is 25.8 Å². The SMILES string of the molecule is CCCCN(CC(=O)N1c2ccccc2-n2cccc2C1c1ccccc1)C(=O)c1ccc(-c2ccccc2)cc1. The molecule has 5 heteroatoms. The Morgan fingerprint density at radius 3 is 2.05 bits per heavy atom. The third-order valence-corrected chi connectivity index (χ3v) is 7.74. The second-order valence-corrected chi connectivity index (χ2v) is 10.4. The molecule has 0 bridgehead atoms. The largest absolute Gasteiger partial charge is 0.329 e. The van der Waals surface area contributed by atoms with Crippen LogP contribution in [0.3, 0.4) is 0 Å². The predicted molar refractivity (Wildman–Crippen MR) is 164 cm³/mol. The summed E-state index contributed by atoms with van der Waals surface area (Å²) in [5, 5.41) is 0. The van der Waals surface area contributed by atoms with E-state index in [4.69, 9.17) is 0 Å². The highest BCUT2D eigenvalue weighted by Gasteiger charge is 2.36. The molecular weight excluding hydrogens is 506 g/mol. The smallest absolute Gasteiger partial charge is 0.254 e. The Bertz CT molecular complexity index is 1640. The molecular formula is C36H33N3O2. The van der Waals surface area contributed by atoms with Gasteiger partial charge in [0.05, 0.1) is 17.1 Å². The molecule has 1 unspecified atom stereocenters. The van der Waals surface area contributed by atoms with E-state index in [1.807, 2.05) is 102 Å². The van der Waals surface area contributed by atoms with E-state index >= 15 is 0 Å². The van der Waals surface area contributed by atoms with Gasteiger partial charge in [-0.15, -0.1) is 0 Å². The molecule has 4 aromatic carbocycles. The molecule has 1 aliphatic rings. The van der Waals surface area contributed by atoms with Crippen LogP contribution in [0.25, 0.3) is 16.8 Å². The van der Waals surface area contributed by atoms with Gasteiger partial charge < -0.3 is 9.47 Å². The lowest BCUT2D eigenvalue weighted by Crippen LogP contribution is -2.47. The fourth-order valence-electron chi connectivity index (χ4n) is 5.67. The number of unbranched alkanes of at least 4 members (excludes halogenated alkanes) is 1. The summed E-state index contributed by atoms with van der Waals surface area (Å²) in [6.45, 7) is 2.61. The molecule has 0 saturated carbocycles. The number of anilines is 1.